The topological polar surface area (TPSA) is 32.7 Å². The van der Waals surface area contributed by atoms with E-state index in [4.69, 9.17) is 4.74 Å². The molecule has 1 N–H and O–H groups in total. The van der Waals surface area contributed by atoms with Gasteiger partial charge in [-0.3, -0.25) is 0 Å². The van der Waals surface area contributed by atoms with Crippen molar-refractivity contribution in [3.63, 3.8) is 0 Å². The molecule has 0 radical (unpaired) electrons. The number of aliphatic hydroxyl groups is 1. The first-order valence-corrected chi connectivity index (χ1v) is 7.07. The standard InChI is InChI=1S/C14H29NO2/c1-12(2)6-10-17-11-9-15-7-4-14(5-8-15)13(3)16/h12-14,16H,4-11H2,1-3H3. The maximum Gasteiger partial charge on any atom is 0.0593 e. The van der Waals surface area contributed by atoms with Crippen molar-refractivity contribution in [1.29, 1.82) is 0 Å². The molecular weight excluding hydrogens is 214 g/mol. The molecule has 1 unspecified atom stereocenters. The summed E-state index contributed by atoms with van der Waals surface area (Å²) in [5.74, 6) is 1.24. The Kier molecular flexibility index (Phi) is 7.09. The average molecular weight is 243 g/mol. The van der Waals surface area contributed by atoms with Gasteiger partial charge in [-0.2, -0.15) is 0 Å². The van der Waals surface area contributed by atoms with Crippen LogP contribution in [0.4, 0.5) is 0 Å². The molecule has 102 valence electrons. The summed E-state index contributed by atoms with van der Waals surface area (Å²) < 4.78 is 5.63. The lowest BCUT2D eigenvalue weighted by atomic mass is 9.92. The third-order valence-electron chi connectivity index (χ3n) is 3.71. The van der Waals surface area contributed by atoms with E-state index in [0.717, 1.165) is 58.0 Å². The Morgan fingerprint density at radius 2 is 1.82 bits per heavy atom. The molecule has 1 fully saturated rings. The number of aliphatic hydroxyl groups excluding tert-OH is 1. The van der Waals surface area contributed by atoms with Gasteiger partial charge in [0.1, 0.15) is 0 Å². The summed E-state index contributed by atoms with van der Waals surface area (Å²) in [6.45, 7) is 11.4. The monoisotopic (exact) mass is 243 g/mol. The number of piperidine rings is 1. The minimum absolute atomic E-state index is 0.139. The number of hydrogen-bond donors (Lipinski definition) is 1. The van der Waals surface area contributed by atoms with Crippen LogP contribution in [0.25, 0.3) is 0 Å². The lowest BCUT2D eigenvalue weighted by molar-refractivity contribution is 0.0510. The minimum Gasteiger partial charge on any atom is -0.393 e. The van der Waals surface area contributed by atoms with Gasteiger partial charge in [0.25, 0.3) is 0 Å². The molecule has 3 heteroatoms. The SMILES string of the molecule is CC(C)CCOCCN1CCC(C(C)O)CC1. The molecule has 1 aliphatic heterocycles. The average Bonchev–Trinajstić information content (AvgIpc) is 2.29. The van der Waals surface area contributed by atoms with Crippen molar-refractivity contribution in [2.24, 2.45) is 11.8 Å². The van der Waals surface area contributed by atoms with E-state index in [1.165, 1.54) is 0 Å². The van der Waals surface area contributed by atoms with Gasteiger partial charge < -0.3 is 14.7 Å². The minimum atomic E-state index is -0.139. The van der Waals surface area contributed by atoms with Crippen molar-refractivity contribution in [2.75, 3.05) is 32.8 Å². The summed E-state index contributed by atoms with van der Waals surface area (Å²) >= 11 is 0. The molecule has 0 aromatic heterocycles. The van der Waals surface area contributed by atoms with Gasteiger partial charge in [-0.05, 0) is 51.1 Å². The molecule has 1 heterocycles. The van der Waals surface area contributed by atoms with E-state index in [0.29, 0.717) is 5.92 Å². The molecule has 0 bridgehead atoms. The van der Waals surface area contributed by atoms with Crippen LogP contribution in [0.5, 0.6) is 0 Å². The second kappa shape index (κ2) is 8.06. The smallest absolute Gasteiger partial charge is 0.0593 e. The molecule has 1 rings (SSSR count). The molecule has 0 aromatic rings. The lowest BCUT2D eigenvalue weighted by Gasteiger charge is -2.33. The Balaban J connectivity index is 1.99. The summed E-state index contributed by atoms with van der Waals surface area (Å²) in [7, 11) is 0. The summed E-state index contributed by atoms with van der Waals surface area (Å²) in [6.07, 6.45) is 3.27. The second-order valence-corrected chi connectivity index (χ2v) is 5.71. The van der Waals surface area contributed by atoms with E-state index in [2.05, 4.69) is 18.7 Å². The van der Waals surface area contributed by atoms with Gasteiger partial charge in [0.05, 0.1) is 12.7 Å². The lowest BCUT2D eigenvalue weighted by Crippen LogP contribution is -2.38. The van der Waals surface area contributed by atoms with E-state index >= 15 is 0 Å². The zero-order valence-electron chi connectivity index (χ0n) is 11.7. The van der Waals surface area contributed by atoms with Crippen LogP contribution in [-0.2, 0) is 4.74 Å². The van der Waals surface area contributed by atoms with Crippen LogP contribution in [0.3, 0.4) is 0 Å². The third kappa shape index (κ3) is 6.39. The first kappa shape index (κ1) is 14.9. The van der Waals surface area contributed by atoms with Gasteiger partial charge in [-0.25, -0.2) is 0 Å². The van der Waals surface area contributed by atoms with Crippen LogP contribution < -0.4 is 0 Å². The predicted molar refractivity (Wildman–Crippen MR) is 71.1 cm³/mol. The highest BCUT2D eigenvalue weighted by Gasteiger charge is 2.21. The van der Waals surface area contributed by atoms with Gasteiger partial charge in [0.15, 0.2) is 0 Å². The Morgan fingerprint density at radius 1 is 1.18 bits per heavy atom. The fraction of sp³-hybridized carbons (Fsp3) is 1.00. The molecule has 0 spiro atoms. The summed E-state index contributed by atoms with van der Waals surface area (Å²) in [5, 5.41) is 9.52. The van der Waals surface area contributed by atoms with Crippen molar-refractivity contribution in [2.45, 2.75) is 46.1 Å². The predicted octanol–water partition coefficient (Wildman–Crippen LogP) is 2.14. The number of nitrogens with zero attached hydrogens (tertiary/aromatic N) is 1. The molecule has 1 aliphatic rings. The fourth-order valence-corrected chi connectivity index (χ4v) is 2.27. The van der Waals surface area contributed by atoms with Crippen LogP contribution in [0.2, 0.25) is 0 Å². The number of likely N-dealkylation sites (tertiary alicyclic amines) is 1. The number of ether oxygens (including phenoxy) is 1. The quantitative estimate of drug-likeness (QED) is 0.695. The highest BCUT2D eigenvalue weighted by Crippen LogP contribution is 2.20. The van der Waals surface area contributed by atoms with Crippen molar-refractivity contribution >= 4 is 0 Å². The largest absolute Gasteiger partial charge is 0.393 e. The Morgan fingerprint density at radius 3 is 2.35 bits per heavy atom. The van der Waals surface area contributed by atoms with Crippen LogP contribution >= 0.6 is 0 Å². The zero-order valence-corrected chi connectivity index (χ0v) is 11.7. The summed E-state index contributed by atoms with van der Waals surface area (Å²) in [6, 6.07) is 0. The molecule has 0 aliphatic carbocycles. The molecule has 0 aromatic carbocycles. The van der Waals surface area contributed by atoms with E-state index in [1.807, 2.05) is 6.92 Å². The van der Waals surface area contributed by atoms with Gasteiger partial charge in [-0.15, -0.1) is 0 Å². The molecule has 3 nitrogen and oxygen atoms in total. The molecule has 17 heavy (non-hydrogen) atoms. The van der Waals surface area contributed by atoms with E-state index in [-0.39, 0.29) is 6.10 Å². The summed E-state index contributed by atoms with van der Waals surface area (Å²) in [5.41, 5.74) is 0. The van der Waals surface area contributed by atoms with Gasteiger partial charge in [-0.1, -0.05) is 13.8 Å². The zero-order chi connectivity index (χ0) is 12.7. The van der Waals surface area contributed by atoms with Crippen molar-refractivity contribution in [3.05, 3.63) is 0 Å². The molecule has 1 saturated heterocycles. The van der Waals surface area contributed by atoms with E-state index < -0.39 is 0 Å². The van der Waals surface area contributed by atoms with Crippen LogP contribution in [-0.4, -0.2) is 49.0 Å². The molecule has 0 saturated carbocycles. The molecule has 0 amide bonds. The number of rotatable bonds is 7. The van der Waals surface area contributed by atoms with E-state index in [9.17, 15) is 5.11 Å². The van der Waals surface area contributed by atoms with E-state index in [1.54, 1.807) is 0 Å². The Bertz CT molecular complexity index is 187. The van der Waals surface area contributed by atoms with Gasteiger partial charge in [0, 0.05) is 13.2 Å². The summed E-state index contributed by atoms with van der Waals surface area (Å²) in [4.78, 5) is 2.45. The molecular formula is C14H29NO2. The Labute approximate surface area is 106 Å². The molecule has 1 atom stereocenters. The number of hydrogen-bond acceptors (Lipinski definition) is 3. The maximum atomic E-state index is 9.52. The first-order valence-electron chi connectivity index (χ1n) is 7.07. The van der Waals surface area contributed by atoms with Crippen LogP contribution in [0.1, 0.15) is 40.0 Å². The highest BCUT2D eigenvalue weighted by molar-refractivity contribution is 4.75. The van der Waals surface area contributed by atoms with Crippen LogP contribution in [0, 0.1) is 11.8 Å². The normalized spacial score (nSPS) is 21.0. The van der Waals surface area contributed by atoms with Gasteiger partial charge in [0.2, 0.25) is 0 Å². The first-order chi connectivity index (χ1) is 8.09. The van der Waals surface area contributed by atoms with Crippen LogP contribution in [0.15, 0.2) is 0 Å². The van der Waals surface area contributed by atoms with Crippen molar-refractivity contribution in [3.8, 4) is 0 Å². The van der Waals surface area contributed by atoms with Gasteiger partial charge >= 0.3 is 0 Å². The van der Waals surface area contributed by atoms with Crippen molar-refractivity contribution in [1.82, 2.24) is 4.90 Å². The Hall–Kier alpha value is -0.120. The maximum absolute atomic E-state index is 9.52. The second-order valence-electron chi connectivity index (χ2n) is 5.71. The fourth-order valence-electron chi connectivity index (χ4n) is 2.27. The highest BCUT2D eigenvalue weighted by atomic mass is 16.5. The third-order valence-corrected chi connectivity index (χ3v) is 3.71. The van der Waals surface area contributed by atoms with Crippen molar-refractivity contribution < 1.29 is 9.84 Å².